The Balaban J connectivity index is 1.36. The standard InChI is InChI=1S/C32H37N5O6/c1-5-42-28(38)22-37(30(40)27-8-6-7-17-33-27)26-15-11-24(12-16-26)34-29(39)23-9-13-25(14-10-23)35-18-20-36(21-19-35)31(41)43-32(2,3)4/h6-17H,5,18-22H2,1-4H3,(H,34,39). The summed E-state index contributed by atoms with van der Waals surface area (Å²) in [5.41, 5.74) is 2.09. The second-order valence-electron chi connectivity index (χ2n) is 10.9. The van der Waals surface area contributed by atoms with Crippen molar-refractivity contribution in [3.63, 3.8) is 0 Å². The van der Waals surface area contributed by atoms with Crippen LogP contribution in [0.25, 0.3) is 0 Å². The van der Waals surface area contributed by atoms with Crippen molar-refractivity contribution < 1.29 is 28.7 Å². The van der Waals surface area contributed by atoms with Gasteiger partial charge in [-0.1, -0.05) is 6.07 Å². The predicted octanol–water partition coefficient (Wildman–Crippen LogP) is 4.60. The number of nitrogens with one attached hydrogen (secondary N) is 1. The van der Waals surface area contributed by atoms with Crippen LogP contribution in [0.5, 0.6) is 0 Å². The van der Waals surface area contributed by atoms with E-state index in [1.807, 2.05) is 32.9 Å². The molecule has 1 aromatic heterocycles. The molecule has 4 rings (SSSR count). The number of rotatable bonds is 8. The van der Waals surface area contributed by atoms with Gasteiger partial charge in [0.2, 0.25) is 0 Å². The fourth-order valence-corrected chi connectivity index (χ4v) is 4.47. The van der Waals surface area contributed by atoms with Crippen molar-refractivity contribution in [2.45, 2.75) is 33.3 Å². The number of hydrogen-bond donors (Lipinski definition) is 1. The zero-order valence-corrected chi connectivity index (χ0v) is 24.9. The van der Waals surface area contributed by atoms with E-state index in [2.05, 4.69) is 15.2 Å². The van der Waals surface area contributed by atoms with Gasteiger partial charge in [-0.05, 0) is 88.4 Å². The van der Waals surface area contributed by atoms with Crippen LogP contribution in [0.15, 0.2) is 72.9 Å². The smallest absolute Gasteiger partial charge is 0.410 e. The second-order valence-corrected chi connectivity index (χ2v) is 10.9. The first-order valence-corrected chi connectivity index (χ1v) is 14.2. The van der Waals surface area contributed by atoms with Crippen molar-refractivity contribution >= 4 is 40.9 Å². The molecule has 1 N–H and O–H groups in total. The Morgan fingerprint density at radius 1 is 0.907 bits per heavy atom. The molecule has 43 heavy (non-hydrogen) atoms. The van der Waals surface area contributed by atoms with Crippen LogP contribution in [-0.2, 0) is 14.3 Å². The van der Waals surface area contributed by atoms with Crippen molar-refractivity contribution in [3.05, 3.63) is 84.2 Å². The Bertz CT molecular complexity index is 1410. The molecule has 11 nitrogen and oxygen atoms in total. The zero-order chi connectivity index (χ0) is 31.0. The van der Waals surface area contributed by atoms with E-state index in [1.54, 1.807) is 66.4 Å². The van der Waals surface area contributed by atoms with E-state index in [4.69, 9.17) is 9.47 Å². The monoisotopic (exact) mass is 587 g/mol. The molecule has 11 heteroatoms. The van der Waals surface area contributed by atoms with E-state index in [0.717, 1.165) is 5.69 Å². The van der Waals surface area contributed by atoms with Gasteiger partial charge in [-0.3, -0.25) is 24.3 Å². The highest BCUT2D eigenvalue weighted by molar-refractivity contribution is 6.07. The lowest BCUT2D eigenvalue weighted by Crippen LogP contribution is -2.50. The molecular weight excluding hydrogens is 550 g/mol. The molecule has 0 unspecified atom stereocenters. The molecule has 0 bridgehead atoms. The average Bonchev–Trinajstić information content (AvgIpc) is 3.00. The van der Waals surface area contributed by atoms with Crippen LogP contribution in [0.3, 0.4) is 0 Å². The lowest BCUT2D eigenvalue weighted by atomic mass is 10.1. The molecule has 2 heterocycles. The van der Waals surface area contributed by atoms with E-state index in [1.165, 1.54) is 11.1 Å². The summed E-state index contributed by atoms with van der Waals surface area (Å²) in [6.45, 7) is 9.59. The third kappa shape index (κ3) is 8.54. The van der Waals surface area contributed by atoms with Crippen LogP contribution in [0, 0.1) is 0 Å². The Morgan fingerprint density at radius 2 is 1.58 bits per heavy atom. The van der Waals surface area contributed by atoms with Crippen LogP contribution >= 0.6 is 0 Å². The fraction of sp³-hybridized carbons (Fsp3) is 0.344. The van der Waals surface area contributed by atoms with Gasteiger partial charge in [0.25, 0.3) is 11.8 Å². The maximum atomic E-state index is 13.1. The number of hydrogen-bond acceptors (Lipinski definition) is 8. The Morgan fingerprint density at radius 3 is 2.16 bits per heavy atom. The van der Waals surface area contributed by atoms with Gasteiger partial charge in [0.05, 0.1) is 6.61 Å². The summed E-state index contributed by atoms with van der Waals surface area (Å²) in [5.74, 6) is -1.28. The third-order valence-electron chi connectivity index (χ3n) is 6.58. The van der Waals surface area contributed by atoms with E-state index in [0.29, 0.717) is 43.1 Å². The van der Waals surface area contributed by atoms with Gasteiger partial charge in [0.1, 0.15) is 17.8 Å². The predicted molar refractivity (Wildman–Crippen MR) is 163 cm³/mol. The summed E-state index contributed by atoms with van der Waals surface area (Å²) in [6, 6.07) is 18.9. The number of carbonyl (C=O) groups is 4. The molecule has 2 aromatic carbocycles. The maximum Gasteiger partial charge on any atom is 0.410 e. The van der Waals surface area contributed by atoms with E-state index < -0.39 is 17.5 Å². The molecule has 0 atom stereocenters. The largest absolute Gasteiger partial charge is 0.465 e. The van der Waals surface area contributed by atoms with Crippen molar-refractivity contribution in [3.8, 4) is 0 Å². The number of amides is 3. The van der Waals surface area contributed by atoms with Gasteiger partial charge >= 0.3 is 12.1 Å². The molecule has 1 saturated heterocycles. The quantitative estimate of drug-likeness (QED) is 0.380. The van der Waals surface area contributed by atoms with Gasteiger partial charge in [0, 0.05) is 55.0 Å². The summed E-state index contributed by atoms with van der Waals surface area (Å²) in [4.78, 5) is 59.9. The van der Waals surface area contributed by atoms with Crippen LogP contribution in [0.4, 0.5) is 21.9 Å². The van der Waals surface area contributed by atoms with Gasteiger partial charge in [0.15, 0.2) is 0 Å². The molecule has 0 radical (unpaired) electrons. The van der Waals surface area contributed by atoms with Crippen LogP contribution in [0.1, 0.15) is 48.5 Å². The van der Waals surface area contributed by atoms with Crippen molar-refractivity contribution in [2.24, 2.45) is 0 Å². The summed E-state index contributed by atoms with van der Waals surface area (Å²) >= 11 is 0. The fourth-order valence-electron chi connectivity index (χ4n) is 4.47. The Labute approximate surface area is 251 Å². The highest BCUT2D eigenvalue weighted by atomic mass is 16.6. The lowest BCUT2D eigenvalue weighted by molar-refractivity contribution is -0.141. The third-order valence-corrected chi connectivity index (χ3v) is 6.58. The average molecular weight is 588 g/mol. The number of pyridine rings is 1. The number of benzene rings is 2. The topological polar surface area (TPSA) is 121 Å². The minimum Gasteiger partial charge on any atom is -0.465 e. The molecule has 0 saturated carbocycles. The molecule has 1 aliphatic rings. The summed E-state index contributed by atoms with van der Waals surface area (Å²) in [7, 11) is 0. The van der Waals surface area contributed by atoms with Gasteiger partial charge in [-0.2, -0.15) is 0 Å². The SMILES string of the molecule is CCOC(=O)CN(C(=O)c1ccccn1)c1ccc(NC(=O)c2ccc(N3CCN(C(=O)OC(C)(C)C)CC3)cc2)cc1. The first kappa shape index (κ1) is 31.0. The minimum absolute atomic E-state index is 0.192. The molecule has 226 valence electrons. The van der Waals surface area contributed by atoms with Crippen molar-refractivity contribution in [1.29, 1.82) is 0 Å². The zero-order valence-electron chi connectivity index (χ0n) is 24.9. The molecule has 3 amide bonds. The number of nitrogens with zero attached hydrogens (tertiary/aromatic N) is 4. The van der Waals surface area contributed by atoms with Crippen LogP contribution in [-0.4, -0.2) is 78.7 Å². The summed E-state index contributed by atoms with van der Waals surface area (Å²) < 4.78 is 10.5. The summed E-state index contributed by atoms with van der Waals surface area (Å²) in [6.07, 6.45) is 1.20. The Kier molecular flexibility index (Phi) is 9.97. The number of aromatic nitrogens is 1. The lowest BCUT2D eigenvalue weighted by Gasteiger charge is -2.36. The second kappa shape index (κ2) is 13.8. The molecule has 0 aliphatic carbocycles. The first-order chi connectivity index (χ1) is 20.5. The van der Waals surface area contributed by atoms with Crippen molar-refractivity contribution in [1.82, 2.24) is 9.88 Å². The molecule has 1 fully saturated rings. The Hall–Kier alpha value is -4.93. The number of esters is 1. The molecule has 1 aliphatic heterocycles. The molecule has 3 aromatic rings. The minimum atomic E-state index is -0.544. The maximum absolute atomic E-state index is 13.1. The number of piperazine rings is 1. The van der Waals surface area contributed by atoms with E-state index >= 15 is 0 Å². The van der Waals surface area contributed by atoms with Crippen LogP contribution in [0.2, 0.25) is 0 Å². The molecule has 0 spiro atoms. The number of anilines is 3. The van der Waals surface area contributed by atoms with Crippen LogP contribution < -0.4 is 15.1 Å². The van der Waals surface area contributed by atoms with E-state index in [-0.39, 0.29) is 30.8 Å². The number of carbonyl (C=O) groups excluding carboxylic acids is 4. The first-order valence-electron chi connectivity index (χ1n) is 14.2. The van der Waals surface area contributed by atoms with Crippen molar-refractivity contribution in [2.75, 3.05) is 54.4 Å². The van der Waals surface area contributed by atoms with E-state index in [9.17, 15) is 19.2 Å². The van der Waals surface area contributed by atoms with Gasteiger partial charge in [-0.25, -0.2) is 4.79 Å². The highest BCUT2D eigenvalue weighted by Gasteiger charge is 2.26. The molecular formula is C32H37N5O6. The van der Waals surface area contributed by atoms with Gasteiger partial charge in [-0.15, -0.1) is 0 Å². The highest BCUT2D eigenvalue weighted by Crippen LogP contribution is 2.22. The van der Waals surface area contributed by atoms with Gasteiger partial charge < -0.3 is 24.6 Å². The normalized spacial score (nSPS) is 13.2. The summed E-state index contributed by atoms with van der Waals surface area (Å²) in [5, 5.41) is 2.86. The number of ether oxygens (including phenoxy) is 2.